The van der Waals surface area contributed by atoms with Gasteiger partial charge in [-0.3, -0.25) is 0 Å². The molecule has 0 aliphatic carbocycles. The summed E-state index contributed by atoms with van der Waals surface area (Å²) in [6.07, 6.45) is 0.997. The van der Waals surface area contributed by atoms with E-state index in [2.05, 4.69) is 61.8 Å². The molecule has 1 aliphatic heterocycles. The molecular weight excluding hydrogens is 266 g/mol. The third kappa shape index (κ3) is 2.89. The van der Waals surface area contributed by atoms with Crippen molar-refractivity contribution in [1.82, 2.24) is 5.32 Å². The summed E-state index contributed by atoms with van der Waals surface area (Å²) < 4.78 is 5.92. The number of thiophene rings is 1. The van der Waals surface area contributed by atoms with E-state index in [0.717, 1.165) is 18.7 Å². The molecule has 3 rings (SSSR count). The van der Waals surface area contributed by atoms with Gasteiger partial charge >= 0.3 is 0 Å². The van der Waals surface area contributed by atoms with Crippen molar-refractivity contribution in [2.75, 3.05) is 0 Å². The molecule has 1 atom stereocenters. The van der Waals surface area contributed by atoms with E-state index in [1.54, 1.807) is 11.3 Å². The van der Waals surface area contributed by atoms with E-state index in [1.165, 1.54) is 16.0 Å². The number of fused-ring (bicyclic) bond motifs is 1. The second kappa shape index (κ2) is 5.23. The van der Waals surface area contributed by atoms with Gasteiger partial charge in [0.05, 0.1) is 0 Å². The quantitative estimate of drug-likeness (QED) is 0.904. The summed E-state index contributed by atoms with van der Waals surface area (Å²) >= 11 is 1.80. The zero-order valence-electron chi connectivity index (χ0n) is 12.3. The molecule has 0 saturated heterocycles. The maximum atomic E-state index is 5.92. The molecule has 2 nitrogen and oxygen atoms in total. The van der Waals surface area contributed by atoms with Crippen molar-refractivity contribution in [2.45, 2.75) is 45.4 Å². The Labute approximate surface area is 124 Å². The highest BCUT2D eigenvalue weighted by Crippen LogP contribution is 2.35. The highest BCUT2D eigenvalue weighted by molar-refractivity contribution is 7.10. The average molecular weight is 287 g/mol. The Morgan fingerprint density at radius 1 is 1.35 bits per heavy atom. The molecule has 2 aromatic rings. The number of ether oxygens (including phenoxy) is 1. The van der Waals surface area contributed by atoms with Crippen LogP contribution in [0.15, 0.2) is 35.7 Å². The van der Waals surface area contributed by atoms with Gasteiger partial charge in [0.25, 0.3) is 0 Å². The van der Waals surface area contributed by atoms with Crippen LogP contribution < -0.4 is 10.1 Å². The monoisotopic (exact) mass is 287 g/mol. The molecule has 1 aromatic heterocycles. The van der Waals surface area contributed by atoms with Gasteiger partial charge in [0.1, 0.15) is 11.4 Å². The molecular formula is C17H21NOS. The van der Waals surface area contributed by atoms with Gasteiger partial charge < -0.3 is 10.1 Å². The predicted octanol–water partition coefficient (Wildman–Crippen LogP) is 4.31. The minimum atomic E-state index is -0.0569. The second-order valence-electron chi connectivity index (χ2n) is 6.10. The Morgan fingerprint density at radius 2 is 2.20 bits per heavy atom. The molecule has 20 heavy (non-hydrogen) atoms. The summed E-state index contributed by atoms with van der Waals surface area (Å²) in [5.74, 6) is 1.05. The highest BCUT2D eigenvalue weighted by Gasteiger charge is 2.29. The molecule has 1 aliphatic rings. The van der Waals surface area contributed by atoms with Crippen LogP contribution in [0.1, 0.15) is 42.8 Å². The zero-order chi connectivity index (χ0) is 14.2. The first-order valence-corrected chi connectivity index (χ1v) is 7.99. The maximum absolute atomic E-state index is 5.92. The van der Waals surface area contributed by atoms with Crippen molar-refractivity contribution < 1.29 is 4.74 Å². The van der Waals surface area contributed by atoms with Crippen molar-refractivity contribution in [1.29, 1.82) is 0 Å². The highest BCUT2D eigenvalue weighted by atomic mass is 32.1. The second-order valence-corrected chi connectivity index (χ2v) is 7.08. The van der Waals surface area contributed by atoms with Gasteiger partial charge in [0.2, 0.25) is 0 Å². The molecule has 0 spiro atoms. The van der Waals surface area contributed by atoms with Crippen molar-refractivity contribution in [2.24, 2.45) is 0 Å². The number of hydrogen-bond acceptors (Lipinski definition) is 3. The van der Waals surface area contributed by atoms with Crippen molar-refractivity contribution in [3.63, 3.8) is 0 Å². The number of hydrogen-bond donors (Lipinski definition) is 1. The number of rotatable bonds is 4. The van der Waals surface area contributed by atoms with Crippen LogP contribution in [0.2, 0.25) is 0 Å². The lowest BCUT2D eigenvalue weighted by atomic mass is 10.00. The standard InChI is InChI=1S/C17H21NOS/c1-12(16-5-4-8-20-16)18-11-13-6-7-15-14(9-13)10-17(2,3)19-15/h4-9,12,18H,10-11H2,1-3H3/t12-/m1/s1. The number of benzene rings is 1. The Bertz CT molecular complexity index is 589. The summed E-state index contributed by atoms with van der Waals surface area (Å²) in [7, 11) is 0. The number of nitrogens with one attached hydrogen (secondary N) is 1. The summed E-state index contributed by atoms with van der Waals surface area (Å²) in [6, 6.07) is 11.2. The maximum Gasteiger partial charge on any atom is 0.123 e. The SMILES string of the molecule is C[C@@H](NCc1ccc2c(c1)CC(C)(C)O2)c1cccs1. The van der Waals surface area contributed by atoms with Crippen molar-refractivity contribution in [3.8, 4) is 5.75 Å². The summed E-state index contributed by atoms with van der Waals surface area (Å²) in [6.45, 7) is 7.39. The average Bonchev–Trinajstić information content (AvgIpc) is 3.00. The van der Waals surface area contributed by atoms with Crippen LogP contribution in [-0.4, -0.2) is 5.60 Å². The first kappa shape index (κ1) is 13.7. The van der Waals surface area contributed by atoms with E-state index in [4.69, 9.17) is 4.74 Å². The van der Waals surface area contributed by atoms with Gasteiger partial charge in [-0.25, -0.2) is 0 Å². The summed E-state index contributed by atoms with van der Waals surface area (Å²) in [5.41, 5.74) is 2.60. The first-order valence-electron chi connectivity index (χ1n) is 7.11. The molecule has 0 unspecified atom stereocenters. The molecule has 0 amide bonds. The minimum absolute atomic E-state index is 0.0569. The molecule has 2 heterocycles. The Hall–Kier alpha value is -1.32. The van der Waals surface area contributed by atoms with Gasteiger partial charge in [0.15, 0.2) is 0 Å². The summed E-state index contributed by atoms with van der Waals surface area (Å²) in [4.78, 5) is 1.38. The summed E-state index contributed by atoms with van der Waals surface area (Å²) in [5, 5.41) is 5.71. The zero-order valence-corrected chi connectivity index (χ0v) is 13.1. The molecule has 1 N–H and O–H groups in total. The van der Waals surface area contributed by atoms with Gasteiger partial charge in [-0.15, -0.1) is 11.3 Å². The third-order valence-electron chi connectivity index (χ3n) is 3.71. The minimum Gasteiger partial charge on any atom is -0.487 e. The fourth-order valence-corrected chi connectivity index (χ4v) is 3.44. The van der Waals surface area contributed by atoms with Gasteiger partial charge in [-0.2, -0.15) is 0 Å². The third-order valence-corrected chi connectivity index (χ3v) is 4.76. The molecule has 0 fully saturated rings. The van der Waals surface area contributed by atoms with Gasteiger partial charge in [0, 0.05) is 23.9 Å². The van der Waals surface area contributed by atoms with E-state index in [9.17, 15) is 0 Å². The van der Waals surface area contributed by atoms with Crippen molar-refractivity contribution in [3.05, 3.63) is 51.7 Å². The molecule has 3 heteroatoms. The predicted molar refractivity (Wildman–Crippen MR) is 84.4 cm³/mol. The largest absolute Gasteiger partial charge is 0.487 e. The van der Waals surface area contributed by atoms with Crippen LogP contribution in [0.5, 0.6) is 5.75 Å². The Balaban J connectivity index is 1.65. The van der Waals surface area contributed by atoms with Crippen LogP contribution in [0.25, 0.3) is 0 Å². The first-order chi connectivity index (χ1) is 9.53. The Kier molecular flexibility index (Phi) is 3.57. The molecule has 106 valence electrons. The Morgan fingerprint density at radius 3 is 2.95 bits per heavy atom. The van der Waals surface area contributed by atoms with E-state index in [1.807, 2.05) is 0 Å². The molecule has 0 saturated carbocycles. The molecule has 0 radical (unpaired) electrons. The van der Waals surface area contributed by atoms with Crippen LogP contribution in [0, 0.1) is 0 Å². The van der Waals surface area contributed by atoms with Crippen LogP contribution in [0.4, 0.5) is 0 Å². The lowest BCUT2D eigenvalue weighted by Crippen LogP contribution is -2.24. The van der Waals surface area contributed by atoms with Gasteiger partial charge in [-0.1, -0.05) is 18.2 Å². The fraction of sp³-hybridized carbons (Fsp3) is 0.412. The van der Waals surface area contributed by atoms with E-state index >= 15 is 0 Å². The van der Waals surface area contributed by atoms with Gasteiger partial charge in [-0.05, 0) is 49.4 Å². The van der Waals surface area contributed by atoms with Crippen LogP contribution >= 0.6 is 11.3 Å². The normalized spacial score (nSPS) is 17.6. The van der Waals surface area contributed by atoms with E-state index in [0.29, 0.717) is 6.04 Å². The molecule has 0 bridgehead atoms. The lowest BCUT2D eigenvalue weighted by molar-refractivity contribution is 0.138. The van der Waals surface area contributed by atoms with Crippen LogP contribution in [-0.2, 0) is 13.0 Å². The fourth-order valence-electron chi connectivity index (χ4n) is 2.68. The lowest BCUT2D eigenvalue weighted by Gasteiger charge is -2.16. The van der Waals surface area contributed by atoms with E-state index in [-0.39, 0.29) is 5.60 Å². The molecule has 1 aromatic carbocycles. The van der Waals surface area contributed by atoms with E-state index < -0.39 is 0 Å². The van der Waals surface area contributed by atoms with Crippen molar-refractivity contribution >= 4 is 11.3 Å². The van der Waals surface area contributed by atoms with Crippen LogP contribution in [0.3, 0.4) is 0 Å². The topological polar surface area (TPSA) is 21.3 Å². The smallest absolute Gasteiger partial charge is 0.123 e.